The third-order valence-electron chi connectivity index (χ3n) is 5.79. The summed E-state index contributed by atoms with van der Waals surface area (Å²) in [4.78, 5) is 28.5. The van der Waals surface area contributed by atoms with Crippen LogP contribution in [-0.4, -0.2) is 29.3 Å². The van der Waals surface area contributed by atoms with Gasteiger partial charge in [0.1, 0.15) is 6.04 Å². The Balaban J connectivity index is 1.96. The summed E-state index contributed by atoms with van der Waals surface area (Å²) in [5, 5.41) is 3.52. The van der Waals surface area contributed by atoms with Crippen LogP contribution in [0.4, 0.5) is 0 Å². The first-order chi connectivity index (χ1) is 15.9. The maximum atomic E-state index is 13.7. The monoisotopic (exact) mass is 462 g/mol. The molecule has 0 saturated carbocycles. The molecule has 0 spiro atoms. The summed E-state index contributed by atoms with van der Waals surface area (Å²) in [6.45, 7) is 6.78. The largest absolute Gasteiger partial charge is 0.355 e. The van der Waals surface area contributed by atoms with Gasteiger partial charge in [0.2, 0.25) is 11.8 Å². The minimum Gasteiger partial charge on any atom is -0.355 e. The van der Waals surface area contributed by atoms with Crippen molar-refractivity contribution in [1.82, 2.24) is 10.2 Å². The van der Waals surface area contributed by atoms with Gasteiger partial charge in [-0.3, -0.25) is 9.59 Å². The Morgan fingerprint density at radius 2 is 1.61 bits per heavy atom. The number of likely N-dealkylation sites (N-methyl/N-ethyl adjacent to an activating group) is 1. The topological polar surface area (TPSA) is 49.4 Å². The Morgan fingerprint density at radius 3 is 2.27 bits per heavy atom. The number of halogens is 1. The van der Waals surface area contributed by atoms with Crippen molar-refractivity contribution in [3.63, 3.8) is 0 Å². The molecule has 1 atom stereocenters. The second kappa shape index (κ2) is 11.7. The van der Waals surface area contributed by atoms with Crippen LogP contribution in [0.3, 0.4) is 0 Å². The van der Waals surface area contributed by atoms with E-state index in [9.17, 15) is 9.59 Å². The Hall–Kier alpha value is -3.11. The molecule has 0 aliphatic carbocycles. The standard InChI is InChI=1S/C28H31ClN2O2/c1-4-30-28(33)26(17-22-9-6-5-7-10-22)31(19-24-11-8-12-25(29)16-24)27(32)18-23-14-13-20(2)21(3)15-23/h5-16,26H,4,17-19H2,1-3H3,(H,30,33)/t26-/m0/s1. The molecule has 3 aromatic carbocycles. The molecule has 0 saturated heterocycles. The van der Waals surface area contributed by atoms with Crippen molar-refractivity contribution in [3.05, 3.63) is 106 Å². The van der Waals surface area contributed by atoms with E-state index in [1.54, 1.807) is 11.0 Å². The van der Waals surface area contributed by atoms with Crippen molar-refractivity contribution in [2.24, 2.45) is 0 Å². The van der Waals surface area contributed by atoms with Gasteiger partial charge < -0.3 is 10.2 Å². The first kappa shape index (κ1) is 24.5. The third-order valence-corrected chi connectivity index (χ3v) is 6.03. The average molecular weight is 463 g/mol. The van der Waals surface area contributed by atoms with Crippen LogP contribution in [-0.2, 0) is 29.0 Å². The molecule has 0 aliphatic heterocycles. The summed E-state index contributed by atoms with van der Waals surface area (Å²) >= 11 is 6.21. The number of hydrogen-bond donors (Lipinski definition) is 1. The predicted molar refractivity (Wildman–Crippen MR) is 134 cm³/mol. The molecule has 2 amide bonds. The van der Waals surface area contributed by atoms with Crippen molar-refractivity contribution < 1.29 is 9.59 Å². The van der Waals surface area contributed by atoms with E-state index in [1.807, 2.05) is 80.6 Å². The van der Waals surface area contributed by atoms with Crippen molar-refractivity contribution in [3.8, 4) is 0 Å². The van der Waals surface area contributed by atoms with E-state index >= 15 is 0 Å². The zero-order chi connectivity index (χ0) is 23.8. The number of hydrogen-bond acceptors (Lipinski definition) is 2. The van der Waals surface area contributed by atoms with Gasteiger partial charge in [0.25, 0.3) is 0 Å². The van der Waals surface area contributed by atoms with Crippen molar-refractivity contribution in [1.29, 1.82) is 0 Å². The highest BCUT2D eigenvalue weighted by molar-refractivity contribution is 6.30. The molecule has 0 fully saturated rings. The second-order valence-electron chi connectivity index (χ2n) is 8.35. The molecule has 0 heterocycles. The van der Waals surface area contributed by atoms with Gasteiger partial charge in [-0.15, -0.1) is 0 Å². The Bertz CT molecular complexity index is 1100. The van der Waals surface area contributed by atoms with Gasteiger partial charge in [0.05, 0.1) is 6.42 Å². The number of carbonyl (C=O) groups excluding carboxylic acids is 2. The van der Waals surface area contributed by atoms with Crippen LogP contribution in [0.5, 0.6) is 0 Å². The van der Waals surface area contributed by atoms with E-state index in [0.717, 1.165) is 22.3 Å². The van der Waals surface area contributed by atoms with E-state index in [4.69, 9.17) is 11.6 Å². The number of amides is 2. The maximum Gasteiger partial charge on any atom is 0.243 e. The molecule has 4 nitrogen and oxygen atoms in total. The number of aryl methyl sites for hydroxylation is 2. The van der Waals surface area contributed by atoms with Crippen LogP contribution in [0, 0.1) is 13.8 Å². The Kier molecular flexibility index (Phi) is 8.67. The van der Waals surface area contributed by atoms with Crippen molar-refractivity contribution in [2.75, 3.05) is 6.54 Å². The molecule has 0 radical (unpaired) electrons. The molecular formula is C28H31ClN2O2. The lowest BCUT2D eigenvalue weighted by atomic mass is 10.00. The molecule has 172 valence electrons. The fraction of sp³-hybridized carbons (Fsp3) is 0.286. The lowest BCUT2D eigenvalue weighted by Crippen LogP contribution is -2.50. The van der Waals surface area contributed by atoms with Crippen LogP contribution < -0.4 is 5.32 Å². The summed E-state index contributed by atoms with van der Waals surface area (Å²) in [5.41, 5.74) is 5.16. The maximum absolute atomic E-state index is 13.7. The smallest absolute Gasteiger partial charge is 0.243 e. The van der Waals surface area contributed by atoms with Crippen LogP contribution in [0.15, 0.2) is 72.8 Å². The molecule has 3 rings (SSSR count). The molecule has 0 bridgehead atoms. The minimum absolute atomic E-state index is 0.0922. The van der Waals surface area contributed by atoms with E-state index in [0.29, 0.717) is 24.5 Å². The van der Waals surface area contributed by atoms with Crippen LogP contribution in [0.1, 0.15) is 34.7 Å². The molecule has 1 N–H and O–H groups in total. The average Bonchev–Trinajstić information content (AvgIpc) is 2.79. The van der Waals surface area contributed by atoms with Gasteiger partial charge in [-0.05, 0) is 60.7 Å². The zero-order valence-electron chi connectivity index (χ0n) is 19.5. The lowest BCUT2D eigenvalue weighted by molar-refractivity contribution is -0.140. The summed E-state index contributed by atoms with van der Waals surface area (Å²) in [6, 6.07) is 22.7. The summed E-state index contributed by atoms with van der Waals surface area (Å²) in [5.74, 6) is -0.248. The first-order valence-corrected chi connectivity index (χ1v) is 11.7. The number of nitrogens with one attached hydrogen (secondary N) is 1. The van der Waals surface area contributed by atoms with Gasteiger partial charge in [-0.25, -0.2) is 0 Å². The van der Waals surface area contributed by atoms with Gasteiger partial charge in [-0.2, -0.15) is 0 Å². The van der Waals surface area contributed by atoms with E-state index in [2.05, 4.69) is 12.2 Å². The van der Waals surface area contributed by atoms with Crippen LogP contribution >= 0.6 is 11.6 Å². The lowest BCUT2D eigenvalue weighted by Gasteiger charge is -2.31. The summed E-state index contributed by atoms with van der Waals surface area (Å²) in [7, 11) is 0. The van der Waals surface area contributed by atoms with Crippen molar-refractivity contribution >= 4 is 23.4 Å². The quantitative estimate of drug-likeness (QED) is 0.470. The Labute approximate surface area is 201 Å². The second-order valence-corrected chi connectivity index (χ2v) is 8.78. The minimum atomic E-state index is -0.634. The van der Waals surface area contributed by atoms with Crippen molar-refractivity contribution in [2.45, 2.75) is 46.2 Å². The highest BCUT2D eigenvalue weighted by atomic mass is 35.5. The SMILES string of the molecule is CCNC(=O)[C@H](Cc1ccccc1)N(Cc1cccc(Cl)c1)C(=O)Cc1ccc(C)c(C)c1. The Morgan fingerprint density at radius 1 is 0.879 bits per heavy atom. The van der Waals surface area contributed by atoms with Crippen LogP contribution in [0.25, 0.3) is 0 Å². The normalized spacial score (nSPS) is 11.6. The molecule has 33 heavy (non-hydrogen) atoms. The number of carbonyl (C=O) groups is 2. The van der Waals surface area contributed by atoms with E-state index in [1.165, 1.54) is 5.56 Å². The first-order valence-electron chi connectivity index (χ1n) is 11.3. The van der Waals surface area contributed by atoms with Gasteiger partial charge in [0.15, 0.2) is 0 Å². The molecule has 0 unspecified atom stereocenters. The molecular weight excluding hydrogens is 432 g/mol. The van der Waals surface area contributed by atoms with E-state index in [-0.39, 0.29) is 18.2 Å². The zero-order valence-corrected chi connectivity index (χ0v) is 20.2. The number of benzene rings is 3. The number of nitrogens with zero attached hydrogens (tertiary/aromatic N) is 1. The summed E-state index contributed by atoms with van der Waals surface area (Å²) < 4.78 is 0. The molecule has 3 aromatic rings. The van der Waals surface area contributed by atoms with Gasteiger partial charge in [-0.1, -0.05) is 72.3 Å². The fourth-order valence-corrected chi connectivity index (χ4v) is 4.08. The molecule has 5 heteroatoms. The number of rotatable bonds is 9. The van der Waals surface area contributed by atoms with Gasteiger partial charge >= 0.3 is 0 Å². The molecule has 0 aliphatic rings. The fourth-order valence-electron chi connectivity index (χ4n) is 3.87. The predicted octanol–water partition coefficient (Wildman–Crippen LogP) is 5.28. The van der Waals surface area contributed by atoms with Crippen LogP contribution in [0.2, 0.25) is 5.02 Å². The summed E-state index contributed by atoms with van der Waals surface area (Å²) in [6.07, 6.45) is 0.665. The van der Waals surface area contributed by atoms with E-state index < -0.39 is 6.04 Å². The van der Waals surface area contributed by atoms with Gasteiger partial charge in [0, 0.05) is 24.5 Å². The molecule has 0 aromatic heterocycles. The highest BCUT2D eigenvalue weighted by Gasteiger charge is 2.30. The highest BCUT2D eigenvalue weighted by Crippen LogP contribution is 2.19. The third kappa shape index (κ3) is 6.93.